The molecule has 0 atom stereocenters. The lowest BCUT2D eigenvalue weighted by Crippen LogP contribution is -2.14. The van der Waals surface area contributed by atoms with Crippen molar-refractivity contribution in [2.24, 2.45) is 0 Å². The summed E-state index contributed by atoms with van der Waals surface area (Å²) in [4.78, 5) is -0.130. The molecule has 36 heavy (non-hydrogen) atoms. The Morgan fingerprint density at radius 2 is 1.31 bits per heavy atom. The highest BCUT2D eigenvalue weighted by Crippen LogP contribution is 2.39. The Morgan fingerprint density at radius 3 is 1.81 bits per heavy atom. The summed E-state index contributed by atoms with van der Waals surface area (Å²) in [6.45, 7) is 0. The van der Waals surface area contributed by atoms with E-state index in [1.54, 1.807) is 24.3 Å². The van der Waals surface area contributed by atoms with Crippen LogP contribution < -0.4 is 28.4 Å². The van der Waals surface area contributed by atoms with E-state index in [0.29, 0.717) is 34.1 Å². The highest BCUT2D eigenvalue weighted by molar-refractivity contribution is 7.92. The monoisotopic (exact) mass is 537 g/mol. The third-order valence-electron chi connectivity index (χ3n) is 5.10. The van der Waals surface area contributed by atoms with Crippen LogP contribution in [0.15, 0.2) is 47.4 Å². The fraction of sp³-hybridized carbons (Fsp3) is 0.200. The SMILES string of the molecule is COc1ccc(S(=O)(=O)Nc2cc(C=Cc3cc(OC)c(OC)c(OC)c3)cc(F)c2OC)cc1Cl. The standard InChI is InChI=1S/C25H25ClFNO7S/c1-31-21-9-8-17(14-18(21)26)36(29,30)28-20-11-15(10-19(27)24(20)34-4)6-7-16-12-22(32-2)25(35-5)23(13-16)33-3/h6-14,28H,1-5H3. The van der Waals surface area contributed by atoms with Crippen molar-refractivity contribution in [2.45, 2.75) is 4.90 Å². The summed E-state index contributed by atoms with van der Waals surface area (Å²) in [7, 11) is 3.02. The summed E-state index contributed by atoms with van der Waals surface area (Å²) < 4.78 is 69.3. The molecule has 3 rings (SSSR count). The fourth-order valence-corrected chi connectivity index (χ4v) is 4.80. The van der Waals surface area contributed by atoms with Crippen molar-refractivity contribution in [1.29, 1.82) is 0 Å². The Labute approximate surface area is 214 Å². The van der Waals surface area contributed by atoms with Gasteiger partial charge in [0.2, 0.25) is 5.75 Å². The zero-order chi connectivity index (χ0) is 26.5. The molecule has 0 unspecified atom stereocenters. The van der Waals surface area contributed by atoms with Crippen LogP contribution in [-0.2, 0) is 10.0 Å². The van der Waals surface area contributed by atoms with Crippen LogP contribution in [0.2, 0.25) is 5.02 Å². The Bertz CT molecular complexity index is 1370. The molecule has 0 bridgehead atoms. The van der Waals surface area contributed by atoms with Gasteiger partial charge in [-0.15, -0.1) is 0 Å². The molecule has 8 nitrogen and oxygen atoms in total. The third-order valence-corrected chi connectivity index (χ3v) is 6.76. The first-order chi connectivity index (χ1) is 17.2. The molecular weight excluding hydrogens is 513 g/mol. The molecule has 0 aliphatic rings. The second-order valence-electron chi connectivity index (χ2n) is 7.28. The van der Waals surface area contributed by atoms with Crippen molar-refractivity contribution in [2.75, 3.05) is 40.3 Å². The van der Waals surface area contributed by atoms with E-state index in [1.165, 1.54) is 65.9 Å². The lowest BCUT2D eigenvalue weighted by Gasteiger charge is -2.14. The first kappa shape index (κ1) is 27.0. The third kappa shape index (κ3) is 5.77. The molecule has 1 N–H and O–H groups in total. The number of benzene rings is 3. The molecule has 0 saturated carbocycles. The molecule has 0 fully saturated rings. The van der Waals surface area contributed by atoms with E-state index in [1.807, 2.05) is 0 Å². The predicted molar refractivity (Wildman–Crippen MR) is 137 cm³/mol. The van der Waals surface area contributed by atoms with Crippen LogP contribution in [0.1, 0.15) is 11.1 Å². The van der Waals surface area contributed by atoms with E-state index < -0.39 is 15.8 Å². The number of anilines is 1. The van der Waals surface area contributed by atoms with Gasteiger partial charge in [-0.25, -0.2) is 12.8 Å². The minimum absolute atomic E-state index is 0.0889. The molecule has 0 aliphatic heterocycles. The van der Waals surface area contributed by atoms with Gasteiger partial charge in [-0.1, -0.05) is 23.8 Å². The van der Waals surface area contributed by atoms with Gasteiger partial charge in [0.25, 0.3) is 10.0 Å². The molecule has 0 heterocycles. The highest BCUT2D eigenvalue weighted by Gasteiger charge is 2.21. The van der Waals surface area contributed by atoms with Gasteiger partial charge in [0, 0.05) is 0 Å². The molecule has 0 aromatic heterocycles. The fourth-order valence-electron chi connectivity index (χ4n) is 3.40. The maximum Gasteiger partial charge on any atom is 0.262 e. The molecule has 3 aromatic rings. The van der Waals surface area contributed by atoms with Crippen LogP contribution in [0.25, 0.3) is 12.2 Å². The van der Waals surface area contributed by atoms with Gasteiger partial charge >= 0.3 is 0 Å². The van der Waals surface area contributed by atoms with E-state index in [9.17, 15) is 12.8 Å². The van der Waals surface area contributed by atoms with Gasteiger partial charge in [0.05, 0.1) is 51.2 Å². The number of nitrogens with one attached hydrogen (secondary N) is 1. The zero-order valence-corrected chi connectivity index (χ0v) is 21.8. The summed E-state index contributed by atoms with van der Waals surface area (Å²) >= 11 is 6.07. The summed E-state index contributed by atoms with van der Waals surface area (Å²) in [5.74, 6) is 0.632. The van der Waals surface area contributed by atoms with Gasteiger partial charge < -0.3 is 23.7 Å². The largest absolute Gasteiger partial charge is 0.495 e. The number of hydrogen-bond donors (Lipinski definition) is 1. The van der Waals surface area contributed by atoms with E-state index in [0.717, 1.165) is 0 Å². The Morgan fingerprint density at radius 1 is 0.750 bits per heavy atom. The Balaban J connectivity index is 1.99. The molecule has 3 aromatic carbocycles. The lowest BCUT2D eigenvalue weighted by molar-refractivity contribution is 0.324. The van der Waals surface area contributed by atoms with E-state index in [4.69, 9.17) is 35.3 Å². The highest BCUT2D eigenvalue weighted by atomic mass is 35.5. The van der Waals surface area contributed by atoms with Gasteiger partial charge in [-0.3, -0.25) is 4.72 Å². The van der Waals surface area contributed by atoms with Crippen molar-refractivity contribution in [3.8, 4) is 28.7 Å². The smallest absolute Gasteiger partial charge is 0.262 e. The van der Waals surface area contributed by atoms with Crippen LogP contribution in [-0.4, -0.2) is 44.0 Å². The van der Waals surface area contributed by atoms with Crippen molar-refractivity contribution in [1.82, 2.24) is 0 Å². The maximum atomic E-state index is 14.8. The zero-order valence-electron chi connectivity index (χ0n) is 20.2. The number of sulfonamides is 1. The van der Waals surface area contributed by atoms with E-state index >= 15 is 0 Å². The van der Waals surface area contributed by atoms with Crippen molar-refractivity contribution < 1.29 is 36.5 Å². The molecule has 0 radical (unpaired) electrons. The maximum absolute atomic E-state index is 14.8. The van der Waals surface area contributed by atoms with Crippen LogP contribution in [0, 0.1) is 5.82 Å². The summed E-state index contributed by atoms with van der Waals surface area (Å²) in [5.41, 5.74) is 0.956. The predicted octanol–water partition coefficient (Wildman–Crippen LogP) is 5.49. The minimum Gasteiger partial charge on any atom is -0.495 e. The van der Waals surface area contributed by atoms with Crippen molar-refractivity contribution in [3.05, 3.63) is 64.4 Å². The second-order valence-corrected chi connectivity index (χ2v) is 9.37. The Kier molecular flexibility index (Phi) is 8.54. The first-order valence-electron chi connectivity index (χ1n) is 10.4. The van der Waals surface area contributed by atoms with Crippen LogP contribution in [0.4, 0.5) is 10.1 Å². The van der Waals surface area contributed by atoms with Gasteiger partial charge in [-0.05, 0) is 53.6 Å². The molecule has 192 valence electrons. The van der Waals surface area contributed by atoms with Crippen LogP contribution in [0.3, 0.4) is 0 Å². The van der Waals surface area contributed by atoms with Crippen molar-refractivity contribution >= 4 is 39.5 Å². The molecule has 0 amide bonds. The van der Waals surface area contributed by atoms with Gasteiger partial charge in [0.1, 0.15) is 5.75 Å². The van der Waals surface area contributed by atoms with E-state index in [-0.39, 0.29) is 21.4 Å². The second kappa shape index (κ2) is 11.4. The number of rotatable bonds is 10. The average Bonchev–Trinajstić information content (AvgIpc) is 2.86. The van der Waals surface area contributed by atoms with Crippen LogP contribution >= 0.6 is 11.6 Å². The van der Waals surface area contributed by atoms with E-state index in [2.05, 4.69) is 4.72 Å². The summed E-state index contributed by atoms with van der Waals surface area (Å²) in [5, 5.41) is 0.112. The molecule has 11 heteroatoms. The molecule has 0 aliphatic carbocycles. The molecule has 0 spiro atoms. The number of ether oxygens (including phenoxy) is 5. The summed E-state index contributed by atoms with van der Waals surface area (Å²) in [6.07, 6.45) is 3.29. The quantitative estimate of drug-likeness (QED) is 0.342. The van der Waals surface area contributed by atoms with Crippen molar-refractivity contribution in [3.63, 3.8) is 0 Å². The number of hydrogen-bond acceptors (Lipinski definition) is 7. The first-order valence-corrected chi connectivity index (χ1v) is 12.3. The lowest BCUT2D eigenvalue weighted by atomic mass is 10.1. The van der Waals surface area contributed by atoms with Crippen LogP contribution in [0.5, 0.6) is 28.7 Å². The molecule has 0 saturated heterocycles. The van der Waals surface area contributed by atoms with Gasteiger partial charge in [0.15, 0.2) is 23.1 Å². The normalized spacial score (nSPS) is 11.3. The Hall–Kier alpha value is -3.63. The summed E-state index contributed by atoms with van der Waals surface area (Å²) in [6, 6.07) is 10.1. The van der Waals surface area contributed by atoms with Gasteiger partial charge in [-0.2, -0.15) is 0 Å². The average molecular weight is 538 g/mol. The molecular formula is C25H25ClFNO7S. The minimum atomic E-state index is -4.13. The topological polar surface area (TPSA) is 92.3 Å². The number of halogens is 2. The number of methoxy groups -OCH3 is 5.